The molecule has 0 aliphatic rings. The fourth-order valence-corrected chi connectivity index (χ4v) is 5.44. The molecule has 0 aromatic heterocycles. The molecule has 0 spiro atoms. The van der Waals surface area contributed by atoms with Gasteiger partial charge in [-0.1, -0.05) is 98.6 Å². The van der Waals surface area contributed by atoms with E-state index in [2.05, 4.69) is 31.9 Å². The van der Waals surface area contributed by atoms with E-state index in [1.165, 1.54) is 6.92 Å². The standard InChI is InChI=1S/C37H59N7O9/c1-10-21(7)30(39-23(9)45)37(53)43-29(20(5)6)35(51)44-31(22(8)11-2)36(52)41-25(17-24-15-13-12-14-16-24)33(49)40-26(18-27(46)47)34(50)42-28(19(3)4)32(38)48/h12-16,19-22,25-26,28-31H,10-11,17-18H2,1-9H3,(H2,38,48)(H,39,45)(H,40,49)(H,41,52)(H,42,50)(H,43,53)(H,44,51)(H,46,47)/t21-,22-,25-,26-,28-,29-,30-,31-/m0/s1. The van der Waals surface area contributed by atoms with Crippen molar-refractivity contribution >= 4 is 47.3 Å². The lowest BCUT2D eigenvalue weighted by Crippen LogP contribution is -2.62. The molecule has 0 fully saturated rings. The van der Waals surface area contributed by atoms with Crippen molar-refractivity contribution in [3.8, 4) is 0 Å². The minimum Gasteiger partial charge on any atom is -0.481 e. The molecule has 0 aliphatic heterocycles. The van der Waals surface area contributed by atoms with Crippen molar-refractivity contribution in [1.29, 1.82) is 0 Å². The monoisotopic (exact) mass is 745 g/mol. The average molecular weight is 746 g/mol. The number of carbonyl (C=O) groups is 8. The first kappa shape index (κ1) is 46.0. The first-order chi connectivity index (χ1) is 24.7. The summed E-state index contributed by atoms with van der Waals surface area (Å²) < 4.78 is 0. The maximum Gasteiger partial charge on any atom is 0.305 e. The van der Waals surface area contributed by atoms with Crippen LogP contribution in [0.3, 0.4) is 0 Å². The Morgan fingerprint density at radius 1 is 0.585 bits per heavy atom. The van der Waals surface area contributed by atoms with Crippen molar-refractivity contribution in [2.45, 2.75) is 124 Å². The molecule has 0 saturated heterocycles. The number of nitrogens with two attached hydrogens (primary N) is 1. The molecule has 53 heavy (non-hydrogen) atoms. The van der Waals surface area contributed by atoms with Gasteiger partial charge in [-0.3, -0.25) is 38.4 Å². The van der Waals surface area contributed by atoms with Gasteiger partial charge >= 0.3 is 5.97 Å². The summed E-state index contributed by atoms with van der Waals surface area (Å²) in [4.78, 5) is 103. The van der Waals surface area contributed by atoms with Crippen LogP contribution in [0.4, 0.5) is 0 Å². The number of hydrogen-bond donors (Lipinski definition) is 8. The zero-order valence-corrected chi connectivity index (χ0v) is 32.3. The summed E-state index contributed by atoms with van der Waals surface area (Å²) in [5.41, 5.74) is 6.04. The lowest BCUT2D eigenvalue weighted by Gasteiger charge is -2.31. The third-order valence-corrected chi connectivity index (χ3v) is 9.09. The molecule has 16 nitrogen and oxygen atoms in total. The Bertz CT molecular complexity index is 1440. The smallest absolute Gasteiger partial charge is 0.305 e. The summed E-state index contributed by atoms with van der Waals surface area (Å²) in [6, 6.07) is 1.36. The van der Waals surface area contributed by atoms with Crippen LogP contribution in [0.15, 0.2) is 30.3 Å². The SMILES string of the molecule is CC[C@H](C)[C@H](NC(C)=O)C(=O)N[C@H](C(=O)N[C@H](C(=O)N[C@@H](Cc1ccccc1)C(=O)N[C@@H](CC(=O)O)C(=O)N[C@H](C(N)=O)C(C)C)[C@@H](C)CC)C(C)C. The zero-order valence-electron chi connectivity index (χ0n) is 32.3. The number of amides is 7. The third-order valence-electron chi connectivity index (χ3n) is 9.09. The Balaban J connectivity index is 3.43. The molecule has 1 rings (SSSR count). The van der Waals surface area contributed by atoms with Crippen molar-refractivity contribution in [2.75, 3.05) is 0 Å². The summed E-state index contributed by atoms with van der Waals surface area (Å²) in [6.07, 6.45) is 0.115. The Morgan fingerprint density at radius 2 is 1.00 bits per heavy atom. The average Bonchev–Trinajstić information content (AvgIpc) is 3.08. The Hall–Kier alpha value is -5.02. The van der Waals surface area contributed by atoms with Gasteiger partial charge in [0.25, 0.3) is 0 Å². The van der Waals surface area contributed by atoms with Gasteiger partial charge in [0.05, 0.1) is 6.42 Å². The number of carboxylic acids is 1. The highest BCUT2D eigenvalue weighted by atomic mass is 16.4. The molecule has 0 saturated carbocycles. The number of primary amides is 1. The first-order valence-electron chi connectivity index (χ1n) is 18.1. The van der Waals surface area contributed by atoms with Crippen LogP contribution in [0.25, 0.3) is 0 Å². The van der Waals surface area contributed by atoms with Crippen molar-refractivity contribution in [3.63, 3.8) is 0 Å². The van der Waals surface area contributed by atoms with E-state index >= 15 is 0 Å². The summed E-state index contributed by atoms with van der Waals surface area (Å²) in [5, 5.41) is 25.1. The van der Waals surface area contributed by atoms with Crippen LogP contribution in [-0.4, -0.2) is 88.7 Å². The van der Waals surface area contributed by atoms with E-state index in [1.54, 1.807) is 71.9 Å². The summed E-state index contributed by atoms with van der Waals surface area (Å²) >= 11 is 0. The number of rotatable bonds is 22. The molecular formula is C37H59N7O9. The molecule has 0 aliphatic carbocycles. The summed E-state index contributed by atoms with van der Waals surface area (Å²) in [5.74, 6) is -7.99. The predicted molar refractivity (Wildman–Crippen MR) is 197 cm³/mol. The van der Waals surface area contributed by atoms with Crippen molar-refractivity contribution in [3.05, 3.63) is 35.9 Å². The molecule has 0 heterocycles. The fraction of sp³-hybridized carbons (Fsp3) is 0.622. The van der Waals surface area contributed by atoms with Crippen molar-refractivity contribution in [2.24, 2.45) is 29.4 Å². The van der Waals surface area contributed by atoms with E-state index in [1.807, 2.05) is 13.8 Å². The van der Waals surface area contributed by atoms with Crippen molar-refractivity contribution in [1.82, 2.24) is 31.9 Å². The molecule has 0 bridgehead atoms. The van der Waals surface area contributed by atoms with Gasteiger partial charge in [-0.2, -0.15) is 0 Å². The predicted octanol–water partition coefficient (Wildman–Crippen LogP) is 0.522. The Labute approximate surface area is 311 Å². The lowest BCUT2D eigenvalue weighted by atomic mass is 9.94. The van der Waals surface area contributed by atoms with Gasteiger partial charge in [-0.25, -0.2) is 0 Å². The van der Waals surface area contributed by atoms with Gasteiger partial charge in [0.15, 0.2) is 0 Å². The largest absolute Gasteiger partial charge is 0.481 e. The Morgan fingerprint density at radius 3 is 1.45 bits per heavy atom. The van der Waals surface area contributed by atoms with Crippen LogP contribution >= 0.6 is 0 Å². The van der Waals surface area contributed by atoms with Gasteiger partial charge < -0.3 is 42.7 Å². The number of carbonyl (C=O) groups excluding carboxylic acids is 7. The van der Waals surface area contributed by atoms with Crippen LogP contribution in [0.2, 0.25) is 0 Å². The van der Waals surface area contributed by atoms with E-state index in [9.17, 15) is 43.5 Å². The molecule has 7 amide bonds. The highest BCUT2D eigenvalue weighted by Gasteiger charge is 2.36. The highest BCUT2D eigenvalue weighted by molar-refractivity contribution is 5.98. The van der Waals surface area contributed by atoms with Crippen LogP contribution in [0.5, 0.6) is 0 Å². The van der Waals surface area contributed by atoms with Crippen molar-refractivity contribution < 1.29 is 43.5 Å². The maximum atomic E-state index is 14.0. The number of carboxylic acid groups (broad SMARTS) is 1. The highest BCUT2D eigenvalue weighted by Crippen LogP contribution is 2.14. The molecule has 16 heteroatoms. The van der Waals surface area contributed by atoms with Gasteiger partial charge in [0.1, 0.15) is 36.3 Å². The molecule has 8 atom stereocenters. The number of hydrogen-bond acceptors (Lipinski definition) is 8. The Kier molecular flexibility index (Phi) is 19.2. The normalized spacial score (nSPS) is 15.7. The molecule has 0 radical (unpaired) electrons. The topological polar surface area (TPSA) is 255 Å². The molecule has 1 aromatic carbocycles. The number of aliphatic carboxylic acids is 1. The molecule has 296 valence electrons. The van der Waals surface area contributed by atoms with Gasteiger partial charge in [-0.05, 0) is 29.2 Å². The van der Waals surface area contributed by atoms with Gasteiger partial charge in [0, 0.05) is 13.3 Å². The second-order valence-electron chi connectivity index (χ2n) is 14.2. The van der Waals surface area contributed by atoms with E-state index in [0.29, 0.717) is 18.4 Å². The third kappa shape index (κ3) is 15.2. The van der Waals surface area contributed by atoms with Crippen LogP contribution in [0, 0.1) is 23.7 Å². The zero-order chi connectivity index (χ0) is 40.6. The minimum absolute atomic E-state index is 0.0677. The van der Waals surface area contributed by atoms with Gasteiger partial charge in [0.2, 0.25) is 41.4 Å². The van der Waals surface area contributed by atoms with E-state index in [4.69, 9.17) is 5.73 Å². The second kappa shape index (κ2) is 22.1. The number of benzene rings is 1. The molecule has 0 unspecified atom stereocenters. The minimum atomic E-state index is -1.63. The van der Waals surface area contributed by atoms with Gasteiger partial charge in [-0.15, -0.1) is 0 Å². The fourth-order valence-electron chi connectivity index (χ4n) is 5.44. The molecule has 9 N–H and O–H groups in total. The summed E-state index contributed by atoms with van der Waals surface area (Å²) in [7, 11) is 0. The first-order valence-corrected chi connectivity index (χ1v) is 18.1. The maximum absolute atomic E-state index is 14.0. The number of nitrogens with one attached hydrogen (secondary N) is 6. The quantitative estimate of drug-likeness (QED) is 0.0822. The molecular weight excluding hydrogens is 686 g/mol. The summed E-state index contributed by atoms with van der Waals surface area (Å²) in [6.45, 7) is 15.2. The van der Waals surface area contributed by atoms with Crippen LogP contribution in [0.1, 0.15) is 87.1 Å². The molecule has 1 aromatic rings. The van der Waals surface area contributed by atoms with Crippen LogP contribution < -0.4 is 37.6 Å². The lowest BCUT2D eigenvalue weighted by molar-refractivity contribution is -0.141. The van der Waals surface area contributed by atoms with E-state index in [0.717, 1.165) is 0 Å². The second-order valence-corrected chi connectivity index (χ2v) is 14.2. The van der Waals surface area contributed by atoms with E-state index in [-0.39, 0.29) is 12.3 Å². The van der Waals surface area contributed by atoms with Crippen LogP contribution in [-0.2, 0) is 44.8 Å². The van der Waals surface area contributed by atoms with E-state index < -0.39 is 108 Å².